The number of likely N-dealkylation sites (tertiary alicyclic amines) is 1. The molecule has 1 heterocycles. The Labute approximate surface area is 106 Å². The molecule has 0 saturated carbocycles. The molecule has 18 heavy (non-hydrogen) atoms. The first-order chi connectivity index (χ1) is 8.74. The zero-order valence-electron chi connectivity index (χ0n) is 10.3. The number of allylic oxidation sites excluding steroid dienone is 1. The van der Waals surface area contributed by atoms with Crippen LogP contribution in [0, 0.1) is 5.92 Å². The number of rotatable bonds is 3. The van der Waals surface area contributed by atoms with Crippen molar-refractivity contribution in [2.45, 2.75) is 13.0 Å². The number of hydrogen-bond donors (Lipinski definition) is 0. The lowest BCUT2D eigenvalue weighted by molar-refractivity contribution is -0.144. The monoisotopic (exact) mass is 245 g/mol. The summed E-state index contributed by atoms with van der Waals surface area (Å²) in [6, 6.07) is 9.84. The maximum atomic E-state index is 11.5. The van der Waals surface area contributed by atoms with Gasteiger partial charge in [-0.25, -0.2) is 4.79 Å². The molecule has 2 rings (SSSR count). The van der Waals surface area contributed by atoms with Crippen LogP contribution in [0.2, 0.25) is 0 Å². The van der Waals surface area contributed by atoms with Gasteiger partial charge in [-0.15, -0.1) is 0 Å². The van der Waals surface area contributed by atoms with Gasteiger partial charge in [0.1, 0.15) is 11.6 Å². The fourth-order valence-corrected chi connectivity index (χ4v) is 2.20. The molecule has 0 radical (unpaired) electrons. The molecule has 0 aliphatic carbocycles. The molecular weight excluding hydrogens is 230 g/mol. The van der Waals surface area contributed by atoms with Crippen LogP contribution in [-0.2, 0) is 20.9 Å². The van der Waals surface area contributed by atoms with Gasteiger partial charge in [0.2, 0.25) is 0 Å². The number of carbonyl (C=O) groups is 1. The van der Waals surface area contributed by atoms with Crippen LogP contribution in [0.25, 0.3) is 0 Å². The van der Waals surface area contributed by atoms with Crippen LogP contribution < -0.4 is 0 Å². The predicted octanol–water partition coefficient (Wildman–Crippen LogP) is 1.40. The van der Waals surface area contributed by atoms with E-state index in [1.165, 1.54) is 7.11 Å². The fraction of sp³-hybridized carbons (Fsp3) is 0.357. The molecule has 4 heteroatoms. The van der Waals surface area contributed by atoms with Crippen molar-refractivity contribution >= 4 is 11.9 Å². The van der Waals surface area contributed by atoms with Crippen molar-refractivity contribution in [2.75, 3.05) is 13.7 Å². The second-order valence-corrected chi connectivity index (χ2v) is 4.34. The van der Waals surface area contributed by atoms with E-state index in [9.17, 15) is 9.59 Å². The van der Waals surface area contributed by atoms with Crippen LogP contribution in [0.3, 0.4) is 0 Å². The number of ether oxygens (including phenoxy) is 1. The highest BCUT2D eigenvalue weighted by Crippen LogP contribution is 2.27. The molecular formula is C14H15NO3. The third kappa shape index (κ3) is 2.60. The summed E-state index contributed by atoms with van der Waals surface area (Å²) in [6.45, 7) is 1.14. The van der Waals surface area contributed by atoms with Gasteiger partial charge in [-0.05, 0) is 5.56 Å². The van der Waals surface area contributed by atoms with Gasteiger partial charge in [0.15, 0.2) is 0 Å². The van der Waals surface area contributed by atoms with Crippen molar-refractivity contribution in [3.8, 4) is 0 Å². The van der Waals surface area contributed by atoms with Crippen molar-refractivity contribution in [1.82, 2.24) is 4.90 Å². The van der Waals surface area contributed by atoms with Crippen molar-refractivity contribution in [3.63, 3.8) is 0 Å². The molecule has 0 amide bonds. The Morgan fingerprint density at radius 2 is 2.17 bits per heavy atom. The highest BCUT2D eigenvalue weighted by atomic mass is 16.5. The Morgan fingerprint density at radius 3 is 2.78 bits per heavy atom. The van der Waals surface area contributed by atoms with E-state index in [2.05, 4.69) is 0 Å². The van der Waals surface area contributed by atoms with Gasteiger partial charge < -0.3 is 9.64 Å². The molecule has 0 aromatic heterocycles. The van der Waals surface area contributed by atoms with Crippen LogP contribution in [0.4, 0.5) is 0 Å². The minimum Gasteiger partial charge on any atom is -0.469 e. The van der Waals surface area contributed by atoms with E-state index in [1.54, 1.807) is 0 Å². The standard InChI is InChI=1S/C14H15NO3/c1-18-14(17)12-7-13(10-16)15(9-12)8-11-5-3-2-4-6-11/h2-6,12H,7-9H2,1H3. The minimum absolute atomic E-state index is 0.254. The molecule has 1 aliphatic heterocycles. The number of methoxy groups -OCH3 is 1. The Kier molecular flexibility index (Phi) is 3.80. The smallest absolute Gasteiger partial charge is 0.310 e. The van der Waals surface area contributed by atoms with E-state index in [-0.39, 0.29) is 11.9 Å². The molecule has 1 fully saturated rings. The van der Waals surface area contributed by atoms with Crippen LogP contribution in [0.5, 0.6) is 0 Å². The average Bonchev–Trinajstić information content (AvgIpc) is 2.82. The predicted molar refractivity (Wildman–Crippen MR) is 66.2 cm³/mol. The first-order valence-corrected chi connectivity index (χ1v) is 5.85. The second kappa shape index (κ2) is 5.52. The van der Waals surface area contributed by atoms with E-state index in [4.69, 9.17) is 4.74 Å². The molecule has 1 unspecified atom stereocenters. The van der Waals surface area contributed by atoms with Crippen molar-refractivity contribution in [1.29, 1.82) is 0 Å². The third-order valence-electron chi connectivity index (χ3n) is 3.13. The molecule has 94 valence electrons. The zero-order valence-corrected chi connectivity index (χ0v) is 10.3. The summed E-state index contributed by atoms with van der Waals surface area (Å²) in [5.41, 5.74) is 1.66. The maximum Gasteiger partial charge on any atom is 0.310 e. The summed E-state index contributed by atoms with van der Waals surface area (Å²) in [6.07, 6.45) is 0.420. The number of benzene rings is 1. The van der Waals surface area contributed by atoms with E-state index < -0.39 is 0 Å². The van der Waals surface area contributed by atoms with E-state index in [1.807, 2.05) is 41.2 Å². The zero-order chi connectivity index (χ0) is 13.0. The van der Waals surface area contributed by atoms with E-state index in [0.29, 0.717) is 25.2 Å². The van der Waals surface area contributed by atoms with Gasteiger partial charge in [0.05, 0.1) is 13.0 Å². The largest absolute Gasteiger partial charge is 0.469 e. The molecule has 1 atom stereocenters. The van der Waals surface area contributed by atoms with Gasteiger partial charge in [-0.3, -0.25) is 4.79 Å². The second-order valence-electron chi connectivity index (χ2n) is 4.34. The molecule has 0 bridgehead atoms. The maximum absolute atomic E-state index is 11.5. The lowest BCUT2D eigenvalue weighted by atomic mass is 10.1. The average molecular weight is 245 g/mol. The van der Waals surface area contributed by atoms with Gasteiger partial charge in [-0.1, -0.05) is 30.3 Å². The molecule has 0 spiro atoms. The molecule has 1 aromatic rings. The Morgan fingerprint density at radius 1 is 1.44 bits per heavy atom. The van der Waals surface area contributed by atoms with Gasteiger partial charge in [-0.2, -0.15) is 0 Å². The van der Waals surface area contributed by atoms with Gasteiger partial charge >= 0.3 is 5.97 Å². The lowest BCUT2D eigenvalue weighted by Gasteiger charge is -2.17. The lowest BCUT2D eigenvalue weighted by Crippen LogP contribution is -2.23. The summed E-state index contributed by atoms with van der Waals surface area (Å²) in [5, 5.41) is 0. The minimum atomic E-state index is -0.265. The van der Waals surface area contributed by atoms with E-state index in [0.717, 1.165) is 5.56 Å². The van der Waals surface area contributed by atoms with Crippen molar-refractivity contribution in [2.24, 2.45) is 5.92 Å². The topological polar surface area (TPSA) is 46.6 Å². The molecule has 1 aromatic carbocycles. The van der Waals surface area contributed by atoms with Crippen molar-refractivity contribution in [3.05, 3.63) is 41.6 Å². The number of nitrogens with zero attached hydrogens (tertiary/aromatic N) is 1. The number of carbonyl (C=O) groups excluding carboxylic acids is 2. The number of hydrogen-bond acceptors (Lipinski definition) is 4. The highest BCUT2D eigenvalue weighted by molar-refractivity contribution is 5.74. The SMILES string of the molecule is COC(=O)C1CC(=C=O)N(Cc2ccccc2)C1. The van der Waals surface area contributed by atoms with Gasteiger partial charge in [0.25, 0.3) is 0 Å². The van der Waals surface area contributed by atoms with Crippen LogP contribution in [0.1, 0.15) is 12.0 Å². The van der Waals surface area contributed by atoms with Crippen LogP contribution in [0.15, 0.2) is 36.0 Å². The van der Waals surface area contributed by atoms with Crippen LogP contribution in [-0.4, -0.2) is 30.5 Å². The molecule has 4 nitrogen and oxygen atoms in total. The van der Waals surface area contributed by atoms with E-state index >= 15 is 0 Å². The third-order valence-corrected chi connectivity index (χ3v) is 3.13. The fourth-order valence-electron chi connectivity index (χ4n) is 2.20. The molecule has 0 N–H and O–H groups in total. The molecule has 1 saturated heterocycles. The Balaban J connectivity index is 2.09. The first-order valence-electron chi connectivity index (χ1n) is 5.85. The summed E-state index contributed by atoms with van der Waals surface area (Å²) in [7, 11) is 1.37. The summed E-state index contributed by atoms with van der Waals surface area (Å²) < 4.78 is 4.72. The summed E-state index contributed by atoms with van der Waals surface area (Å²) in [4.78, 5) is 24.3. The molecule has 1 aliphatic rings. The highest BCUT2D eigenvalue weighted by Gasteiger charge is 2.33. The first kappa shape index (κ1) is 12.4. The number of esters is 1. The Bertz CT molecular complexity index is 477. The Hall–Kier alpha value is -2.06. The van der Waals surface area contributed by atoms with Crippen LogP contribution >= 0.6 is 0 Å². The quantitative estimate of drug-likeness (QED) is 0.596. The summed E-state index contributed by atoms with van der Waals surface area (Å²) in [5.74, 6) is 1.41. The van der Waals surface area contributed by atoms with Gasteiger partial charge in [0, 0.05) is 19.5 Å². The summed E-state index contributed by atoms with van der Waals surface area (Å²) >= 11 is 0. The van der Waals surface area contributed by atoms with Crippen molar-refractivity contribution < 1.29 is 14.3 Å². The normalized spacial score (nSPS) is 18.6.